The van der Waals surface area contributed by atoms with Crippen molar-refractivity contribution in [3.63, 3.8) is 0 Å². The van der Waals surface area contributed by atoms with Crippen molar-refractivity contribution >= 4 is 45.9 Å². The first kappa shape index (κ1) is 20.3. The number of para-hydroxylation sites is 1. The van der Waals surface area contributed by atoms with Gasteiger partial charge in [0.25, 0.3) is 5.56 Å². The first-order chi connectivity index (χ1) is 13.5. The number of methoxy groups -OCH3 is 1. The molecule has 2 aromatic heterocycles. The second kappa shape index (κ2) is 9.18. The third-order valence-corrected chi connectivity index (χ3v) is 5.24. The molecule has 3 rings (SSSR count). The monoisotopic (exact) mass is 418 g/mol. The molecule has 1 atom stereocenters. The van der Waals surface area contributed by atoms with Crippen molar-refractivity contribution in [2.24, 2.45) is 0 Å². The SMILES string of the molecule is COCC(C)n1c(SCC(=O)Nc2cccnc2Cl)nc2ccccc2c1=O. The molecule has 0 aliphatic rings. The summed E-state index contributed by atoms with van der Waals surface area (Å²) in [6, 6.07) is 10.3. The Bertz CT molecular complexity index is 1060. The minimum absolute atomic E-state index is 0.0652. The average Bonchev–Trinajstić information content (AvgIpc) is 2.68. The predicted molar refractivity (Wildman–Crippen MR) is 111 cm³/mol. The molecule has 1 amide bonds. The van der Waals surface area contributed by atoms with Crippen LogP contribution in [0.5, 0.6) is 0 Å². The Labute approximate surface area is 171 Å². The number of nitrogens with one attached hydrogen (secondary N) is 1. The van der Waals surface area contributed by atoms with Gasteiger partial charge >= 0.3 is 0 Å². The summed E-state index contributed by atoms with van der Waals surface area (Å²) in [5.41, 5.74) is 0.867. The molecule has 1 unspecified atom stereocenters. The molecule has 0 saturated carbocycles. The van der Waals surface area contributed by atoms with Crippen molar-refractivity contribution in [2.75, 3.05) is 24.8 Å². The minimum atomic E-state index is -0.270. The van der Waals surface area contributed by atoms with Crippen LogP contribution in [0, 0.1) is 0 Å². The Balaban J connectivity index is 1.87. The molecule has 9 heteroatoms. The van der Waals surface area contributed by atoms with E-state index in [1.807, 2.05) is 13.0 Å². The zero-order valence-electron chi connectivity index (χ0n) is 15.4. The van der Waals surface area contributed by atoms with Gasteiger partial charge in [-0.1, -0.05) is 35.5 Å². The highest BCUT2D eigenvalue weighted by Crippen LogP contribution is 2.22. The molecule has 0 radical (unpaired) electrons. The highest BCUT2D eigenvalue weighted by molar-refractivity contribution is 7.99. The lowest BCUT2D eigenvalue weighted by molar-refractivity contribution is -0.113. The molecule has 3 aromatic rings. The molecule has 2 heterocycles. The molecule has 0 bridgehead atoms. The molecule has 0 fully saturated rings. The highest BCUT2D eigenvalue weighted by atomic mass is 35.5. The number of thioether (sulfide) groups is 1. The smallest absolute Gasteiger partial charge is 0.262 e. The van der Waals surface area contributed by atoms with Crippen molar-refractivity contribution in [3.8, 4) is 0 Å². The molecule has 0 spiro atoms. The zero-order valence-corrected chi connectivity index (χ0v) is 17.0. The Morgan fingerprint density at radius 3 is 2.86 bits per heavy atom. The number of ether oxygens (including phenoxy) is 1. The minimum Gasteiger partial charge on any atom is -0.383 e. The maximum absolute atomic E-state index is 13.0. The van der Waals surface area contributed by atoms with Gasteiger partial charge in [-0.05, 0) is 31.2 Å². The molecular formula is C19H19ClN4O3S. The van der Waals surface area contributed by atoms with Crippen molar-refractivity contribution in [1.29, 1.82) is 0 Å². The Morgan fingerprint density at radius 1 is 1.32 bits per heavy atom. The van der Waals surface area contributed by atoms with E-state index in [2.05, 4.69) is 15.3 Å². The number of anilines is 1. The number of fused-ring (bicyclic) bond motifs is 1. The van der Waals surface area contributed by atoms with Crippen LogP contribution in [0.3, 0.4) is 0 Å². The summed E-state index contributed by atoms with van der Waals surface area (Å²) in [5.74, 6) is -0.205. The summed E-state index contributed by atoms with van der Waals surface area (Å²) in [4.78, 5) is 33.8. The van der Waals surface area contributed by atoms with Crippen molar-refractivity contribution in [1.82, 2.24) is 14.5 Å². The standard InChI is InChI=1S/C19H19ClN4O3S/c1-12(10-27-2)24-18(26)13-6-3-4-7-14(13)23-19(24)28-11-16(25)22-15-8-5-9-21-17(15)20/h3-9,12H,10-11H2,1-2H3,(H,22,25). The number of amides is 1. The number of carbonyl (C=O) groups excluding carboxylic acids is 1. The van der Waals surface area contributed by atoms with Gasteiger partial charge in [0.2, 0.25) is 5.91 Å². The molecule has 28 heavy (non-hydrogen) atoms. The summed E-state index contributed by atoms with van der Waals surface area (Å²) >= 11 is 7.15. The molecule has 0 aliphatic carbocycles. The van der Waals surface area contributed by atoms with Gasteiger partial charge in [0.05, 0.1) is 35.0 Å². The molecule has 7 nitrogen and oxygen atoms in total. The largest absolute Gasteiger partial charge is 0.383 e. The lowest BCUT2D eigenvalue weighted by Gasteiger charge is -2.18. The van der Waals surface area contributed by atoms with Crippen LogP contribution in [0.25, 0.3) is 10.9 Å². The number of benzene rings is 1. The van der Waals surface area contributed by atoms with E-state index in [0.29, 0.717) is 28.4 Å². The quantitative estimate of drug-likeness (QED) is 0.359. The fourth-order valence-electron chi connectivity index (χ4n) is 2.73. The third-order valence-electron chi connectivity index (χ3n) is 3.99. The van der Waals surface area contributed by atoms with Gasteiger partial charge in [-0.25, -0.2) is 9.97 Å². The Morgan fingerprint density at radius 2 is 2.11 bits per heavy atom. The fourth-order valence-corrected chi connectivity index (χ4v) is 3.79. The lowest BCUT2D eigenvalue weighted by atomic mass is 10.2. The molecule has 1 aromatic carbocycles. The Hall–Kier alpha value is -2.42. The Kier molecular flexibility index (Phi) is 6.66. The fraction of sp³-hybridized carbons (Fsp3) is 0.263. The van der Waals surface area contributed by atoms with Gasteiger partial charge in [-0.2, -0.15) is 0 Å². The molecular weight excluding hydrogens is 400 g/mol. The number of nitrogens with zero attached hydrogens (tertiary/aromatic N) is 3. The number of rotatable bonds is 7. The van der Waals surface area contributed by atoms with E-state index in [4.69, 9.17) is 16.3 Å². The second-order valence-electron chi connectivity index (χ2n) is 6.07. The van der Waals surface area contributed by atoms with Crippen LogP contribution >= 0.6 is 23.4 Å². The van der Waals surface area contributed by atoms with Gasteiger partial charge in [0, 0.05) is 13.3 Å². The van der Waals surface area contributed by atoms with Crippen LogP contribution < -0.4 is 10.9 Å². The number of hydrogen-bond acceptors (Lipinski definition) is 6. The number of halogens is 1. The van der Waals surface area contributed by atoms with Crippen LogP contribution in [0.15, 0.2) is 52.5 Å². The number of hydrogen-bond donors (Lipinski definition) is 1. The predicted octanol–water partition coefficient (Wildman–Crippen LogP) is 3.38. The van der Waals surface area contributed by atoms with Crippen LogP contribution in [0.2, 0.25) is 5.15 Å². The van der Waals surface area contributed by atoms with E-state index in [-0.39, 0.29) is 28.4 Å². The number of carbonyl (C=O) groups is 1. The summed E-state index contributed by atoms with van der Waals surface area (Å²) < 4.78 is 6.77. The summed E-state index contributed by atoms with van der Waals surface area (Å²) in [6.07, 6.45) is 1.54. The van der Waals surface area contributed by atoms with E-state index in [0.717, 1.165) is 0 Å². The van der Waals surface area contributed by atoms with Gasteiger partial charge < -0.3 is 10.1 Å². The van der Waals surface area contributed by atoms with Crippen LogP contribution in [0.1, 0.15) is 13.0 Å². The average molecular weight is 419 g/mol. The lowest BCUT2D eigenvalue weighted by Crippen LogP contribution is -2.29. The van der Waals surface area contributed by atoms with Gasteiger partial charge in [-0.15, -0.1) is 0 Å². The van der Waals surface area contributed by atoms with Crippen LogP contribution in [-0.2, 0) is 9.53 Å². The molecule has 0 saturated heterocycles. The summed E-state index contributed by atoms with van der Waals surface area (Å²) in [7, 11) is 1.58. The second-order valence-corrected chi connectivity index (χ2v) is 7.37. The van der Waals surface area contributed by atoms with E-state index in [1.165, 1.54) is 11.8 Å². The van der Waals surface area contributed by atoms with Gasteiger partial charge in [0.1, 0.15) is 0 Å². The maximum Gasteiger partial charge on any atom is 0.262 e. The molecule has 0 aliphatic heterocycles. The highest BCUT2D eigenvalue weighted by Gasteiger charge is 2.18. The van der Waals surface area contributed by atoms with Crippen LogP contribution in [-0.4, -0.2) is 39.9 Å². The maximum atomic E-state index is 13.0. The topological polar surface area (TPSA) is 86.1 Å². The van der Waals surface area contributed by atoms with E-state index in [1.54, 1.807) is 48.2 Å². The van der Waals surface area contributed by atoms with E-state index in [9.17, 15) is 9.59 Å². The number of aromatic nitrogens is 3. The first-order valence-electron chi connectivity index (χ1n) is 8.54. The van der Waals surface area contributed by atoms with Crippen molar-refractivity contribution in [3.05, 3.63) is 58.1 Å². The van der Waals surface area contributed by atoms with Crippen LogP contribution in [0.4, 0.5) is 5.69 Å². The third kappa shape index (κ3) is 4.52. The van der Waals surface area contributed by atoms with E-state index < -0.39 is 0 Å². The van der Waals surface area contributed by atoms with Crippen molar-refractivity contribution in [2.45, 2.75) is 18.1 Å². The normalized spacial score (nSPS) is 12.1. The first-order valence-corrected chi connectivity index (χ1v) is 9.91. The zero-order chi connectivity index (χ0) is 20.1. The number of pyridine rings is 1. The molecule has 146 valence electrons. The van der Waals surface area contributed by atoms with Gasteiger partial charge in [0.15, 0.2) is 10.3 Å². The summed E-state index contributed by atoms with van der Waals surface area (Å²) in [5, 5.41) is 3.92. The summed E-state index contributed by atoms with van der Waals surface area (Å²) in [6.45, 7) is 2.23. The van der Waals surface area contributed by atoms with E-state index >= 15 is 0 Å². The van der Waals surface area contributed by atoms with Gasteiger partial charge in [-0.3, -0.25) is 14.2 Å². The van der Waals surface area contributed by atoms with Crippen molar-refractivity contribution < 1.29 is 9.53 Å². The molecule has 1 N–H and O–H groups in total.